The van der Waals surface area contributed by atoms with Crippen molar-refractivity contribution in [2.24, 2.45) is 0 Å². The largest absolute Gasteiger partial charge is 0.289 e. The van der Waals surface area contributed by atoms with Crippen LogP contribution < -0.4 is 0 Å². The van der Waals surface area contributed by atoms with Crippen molar-refractivity contribution >= 4 is 17.4 Å². The molecule has 0 bridgehead atoms. The third-order valence-corrected chi connectivity index (χ3v) is 4.21. The van der Waals surface area contributed by atoms with Crippen LogP contribution in [0.5, 0.6) is 0 Å². The van der Waals surface area contributed by atoms with E-state index in [1.807, 2.05) is 12.1 Å². The molecular weight excluding hydrogens is 280 g/mol. The van der Waals surface area contributed by atoms with Crippen molar-refractivity contribution in [2.45, 2.75) is 40.0 Å². The molecule has 0 radical (unpaired) electrons. The van der Waals surface area contributed by atoms with Crippen molar-refractivity contribution in [1.82, 2.24) is 0 Å². The zero-order chi connectivity index (χ0) is 15.4. The summed E-state index contributed by atoms with van der Waals surface area (Å²) in [6, 6.07) is 11.6. The minimum Gasteiger partial charge on any atom is -0.289 e. The van der Waals surface area contributed by atoms with E-state index in [9.17, 15) is 4.79 Å². The Morgan fingerprint density at radius 3 is 2.00 bits per heavy atom. The fraction of sp³-hybridized carbons (Fsp3) is 0.316. The lowest BCUT2D eigenvalue weighted by Crippen LogP contribution is -2.10. The topological polar surface area (TPSA) is 17.1 Å². The molecule has 2 heteroatoms. The Morgan fingerprint density at radius 2 is 1.52 bits per heavy atom. The number of hydrogen-bond donors (Lipinski definition) is 0. The molecule has 2 aromatic rings. The molecule has 0 heterocycles. The van der Waals surface area contributed by atoms with Crippen molar-refractivity contribution in [3.8, 4) is 0 Å². The number of aryl methyl sites for hydroxylation is 3. The Hall–Kier alpha value is -1.60. The molecule has 110 valence electrons. The Labute approximate surface area is 132 Å². The Morgan fingerprint density at radius 1 is 0.952 bits per heavy atom. The van der Waals surface area contributed by atoms with Gasteiger partial charge in [0, 0.05) is 11.1 Å². The molecule has 0 saturated heterocycles. The maximum atomic E-state index is 12.9. The Kier molecular flexibility index (Phi) is 5.19. The average Bonchev–Trinajstić information content (AvgIpc) is 2.53. The van der Waals surface area contributed by atoms with Gasteiger partial charge in [-0.05, 0) is 48.1 Å². The van der Waals surface area contributed by atoms with Crippen LogP contribution in [-0.4, -0.2) is 5.78 Å². The maximum Gasteiger partial charge on any atom is 0.195 e. The number of carbonyl (C=O) groups is 1. The molecule has 21 heavy (non-hydrogen) atoms. The molecule has 0 unspecified atom stereocenters. The lowest BCUT2D eigenvalue weighted by molar-refractivity contribution is 0.103. The van der Waals surface area contributed by atoms with Crippen molar-refractivity contribution in [1.29, 1.82) is 0 Å². The predicted octanol–water partition coefficient (Wildman–Crippen LogP) is 5.26. The fourth-order valence-electron chi connectivity index (χ4n) is 2.67. The first-order chi connectivity index (χ1) is 10.1. The molecule has 0 aliphatic heterocycles. The predicted molar refractivity (Wildman–Crippen MR) is 89.5 cm³/mol. The van der Waals surface area contributed by atoms with Gasteiger partial charge in [-0.3, -0.25) is 4.79 Å². The molecule has 0 amide bonds. The quantitative estimate of drug-likeness (QED) is 0.689. The van der Waals surface area contributed by atoms with Crippen LogP contribution in [-0.2, 0) is 19.3 Å². The van der Waals surface area contributed by atoms with E-state index < -0.39 is 0 Å². The number of carbonyl (C=O) groups excluding carboxylic acids is 1. The summed E-state index contributed by atoms with van der Waals surface area (Å²) in [5.74, 6) is 0.0388. The molecule has 0 spiro atoms. The van der Waals surface area contributed by atoms with Gasteiger partial charge in [0.15, 0.2) is 5.78 Å². The highest BCUT2D eigenvalue weighted by molar-refractivity contribution is 6.35. The summed E-state index contributed by atoms with van der Waals surface area (Å²) in [5.41, 5.74) is 4.96. The molecule has 0 saturated carbocycles. The third-order valence-electron chi connectivity index (χ3n) is 3.88. The molecule has 0 N–H and O–H groups in total. The number of rotatable bonds is 5. The highest BCUT2D eigenvalue weighted by Gasteiger charge is 2.19. The highest BCUT2D eigenvalue weighted by Crippen LogP contribution is 2.26. The first-order valence-electron chi connectivity index (χ1n) is 7.56. The monoisotopic (exact) mass is 300 g/mol. The maximum absolute atomic E-state index is 12.9. The molecule has 0 aliphatic rings. The molecule has 0 aromatic heterocycles. The first kappa shape index (κ1) is 15.8. The van der Waals surface area contributed by atoms with Crippen LogP contribution in [0.4, 0.5) is 0 Å². The van der Waals surface area contributed by atoms with Gasteiger partial charge in [0.05, 0.1) is 5.02 Å². The van der Waals surface area contributed by atoms with E-state index in [-0.39, 0.29) is 5.78 Å². The van der Waals surface area contributed by atoms with Crippen LogP contribution in [0.3, 0.4) is 0 Å². The van der Waals surface area contributed by atoms with Gasteiger partial charge in [-0.15, -0.1) is 0 Å². The number of benzene rings is 2. The molecule has 1 nitrogen and oxygen atoms in total. The van der Waals surface area contributed by atoms with E-state index in [1.54, 1.807) is 12.1 Å². The minimum absolute atomic E-state index is 0.0388. The lowest BCUT2D eigenvalue weighted by Gasteiger charge is -2.15. The molecule has 2 aromatic carbocycles. The highest BCUT2D eigenvalue weighted by atomic mass is 35.5. The second-order valence-corrected chi connectivity index (χ2v) is 5.57. The number of ketones is 1. The zero-order valence-corrected chi connectivity index (χ0v) is 13.6. The SMILES string of the molecule is CCc1cc(CC)c(C(=O)c2ccccc2Cl)c(CC)c1. The van der Waals surface area contributed by atoms with Gasteiger partial charge >= 0.3 is 0 Å². The van der Waals surface area contributed by atoms with Crippen molar-refractivity contribution in [3.05, 3.63) is 69.2 Å². The number of hydrogen-bond acceptors (Lipinski definition) is 1. The molecular formula is C19H21ClO. The van der Waals surface area contributed by atoms with Crippen LogP contribution >= 0.6 is 11.6 Å². The van der Waals surface area contributed by atoms with E-state index in [2.05, 4.69) is 32.9 Å². The van der Waals surface area contributed by atoms with E-state index >= 15 is 0 Å². The van der Waals surface area contributed by atoms with E-state index in [4.69, 9.17) is 11.6 Å². The van der Waals surface area contributed by atoms with Gasteiger partial charge < -0.3 is 0 Å². The van der Waals surface area contributed by atoms with E-state index in [1.165, 1.54) is 5.56 Å². The molecule has 0 atom stereocenters. The summed E-state index contributed by atoms with van der Waals surface area (Å²) in [5, 5.41) is 0.520. The van der Waals surface area contributed by atoms with E-state index in [0.717, 1.165) is 36.0 Å². The summed E-state index contributed by atoms with van der Waals surface area (Å²) in [4.78, 5) is 12.9. The van der Waals surface area contributed by atoms with Crippen LogP contribution in [0.15, 0.2) is 36.4 Å². The normalized spacial score (nSPS) is 10.7. The summed E-state index contributed by atoms with van der Waals surface area (Å²) in [7, 11) is 0. The summed E-state index contributed by atoms with van der Waals surface area (Å²) in [6.45, 7) is 6.33. The molecule has 0 fully saturated rings. The fourth-order valence-corrected chi connectivity index (χ4v) is 2.89. The van der Waals surface area contributed by atoms with Gasteiger partial charge in [0.25, 0.3) is 0 Å². The summed E-state index contributed by atoms with van der Waals surface area (Å²) >= 11 is 6.20. The van der Waals surface area contributed by atoms with Gasteiger partial charge in [0.1, 0.15) is 0 Å². The van der Waals surface area contributed by atoms with Crippen molar-refractivity contribution < 1.29 is 4.79 Å². The van der Waals surface area contributed by atoms with E-state index in [0.29, 0.717) is 10.6 Å². The van der Waals surface area contributed by atoms with Crippen molar-refractivity contribution in [2.75, 3.05) is 0 Å². The zero-order valence-electron chi connectivity index (χ0n) is 12.9. The van der Waals surface area contributed by atoms with Gasteiger partial charge in [-0.1, -0.05) is 56.6 Å². The van der Waals surface area contributed by atoms with Gasteiger partial charge in [0.2, 0.25) is 0 Å². The minimum atomic E-state index is 0.0388. The van der Waals surface area contributed by atoms with Gasteiger partial charge in [-0.25, -0.2) is 0 Å². The Balaban J connectivity index is 2.62. The smallest absolute Gasteiger partial charge is 0.195 e. The molecule has 0 aliphatic carbocycles. The lowest BCUT2D eigenvalue weighted by atomic mass is 9.89. The summed E-state index contributed by atoms with van der Waals surface area (Å²) in [6.07, 6.45) is 2.69. The van der Waals surface area contributed by atoms with Crippen LogP contribution in [0, 0.1) is 0 Å². The standard InChI is InChI=1S/C19H21ClO/c1-4-13-11-14(5-2)18(15(6-3)12-13)19(21)16-9-7-8-10-17(16)20/h7-12H,4-6H2,1-3H3. The second kappa shape index (κ2) is 6.91. The molecule has 2 rings (SSSR count). The number of halogens is 1. The summed E-state index contributed by atoms with van der Waals surface area (Å²) < 4.78 is 0. The van der Waals surface area contributed by atoms with Crippen LogP contribution in [0.1, 0.15) is 53.4 Å². The second-order valence-electron chi connectivity index (χ2n) is 5.16. The van der Waals surface area contributed by atoms with Crippen LogP contribution in [0.25, 0.3) is 0 Å². The van der Waals surface area contributed by atoms with Crippen LogP contribution in [0.2, 0.25) is 5.02 Å². The van der Waals surface area contributed by atoms with Gasteiger partial charge in [-0.2, -0.15) is 0 Å². The average molecular weight is 301 g/mol. The van der Waals surface area contributed by atoms with Crippen molar-refractivity contribution in [3.63, 3.8) is 0 Å². The Bertz CT molecular complexity index is 633. The first-order valence-corrected chi connectivity index (χ1v) is 7.94. The third kappa shape index (κ3) is 3.19.